The van der Waals surface area contributed by atoms with E-state index in [1.807, 2.05) is 0 Å². The molecule has 2 rings (SSSR count). The van der Waals surface area contributed by atoms with Gasteiger partial charge < -0.3 is 10.6 Å². The molecule has 0 aromatic carbocycles. The molecule has 0 atom stereocenters. The normalized spacial score (nSPS) is 16.2. The molecule has 1 aromatic rings. The van der Waals surface area contributed by atoms with Crippen LogP contribution < -0.4 is 10.6 Å². The Hall–Kier alpha value is -1.43. The van der Waals surface area contributed by atoms with Crippen LogP contribution in [0.3, 0.4) is 0 Å². The highest BCUT2D eigenvalue weighted by atomic mass is 16.2. The average molecular weight is 223 g/mol. The number of aromatic nitrogens is 3. The van der Waals surface area contributed by atoms with Crippen molar-refractivity contribution in [1.29, 1.82) is 0 Å². The lowest BCUT2D eigenvalue weighted by atomic mass is 10.2. The van der Waals surface area contributed by atoms with E-state index >= 15 is 0 Å². The van der Waals surface area contributed by atoms with Crippen molar-refractivity contribution < 1.29 is 4.79 Å². The van der Waals surface area contributed by atoms with Gasteiger partial charge in [-0.05, 0) is 5.92 Å². The van der Waals surface area contributed by atoms with E-state index in [0.29, 0.717) is 24.2 Å². The number of nitrogens with zero attached hydrogens (tertiary/aromatic N) is 3. The van der Waals surface area contributed by atoms with Crippen LogP contribution >= 0.6 is 0 Å². The van der Waals surface area contributed by atoms with Gasteiger partial charge in [0.15, 0.2) is 5.69 Å². The van der Waals surface area contributed by atoms with E-state index in [2.05, 4.69) is 34.8 Å². The Morgan fingerprint density at radius 2 is 2.44 bits per heavy atom. The molecular formula is C10H17N5O. The van der Waals surface area contributed by atoms with Gasteiger partial charge >= 0.3 is 0 Å². The number of carbonyl (C=O) groups excluding carboxylic acids is 1. The second kappa shape index (κ2) is 4.61. The molecule has 0 saturated carbocycles. The summed E-state index contributed by atoms with van der Waals surface area (Å²) in [4.78, 5) is 11.6. The Morgan fingerprint density at radius 3 is 3.00 bits per heavy atom. The average Bonchev–Trinajstić information content (AvgIpc) is 2.60. The topological polar surface area (TPSA) is 71.8 Å². The quantitative estimate of drug-likeness (QED) is 0.742. The van der Waals surface area contributed by atoms with Crippen LogP contribution in [0, 0.1) is 5.92 Å². The Balaban J connectivity index is 1.92. The lowest BCUT2D eigenvalue weighted by Gasteiger charge is -2.26. The second-order valence-electron chi connectivity index (χ2n) is 4.50. The van der Waals surface area contributed by atoms with Crippen molar-refractivity contribution in [2.45, 2.75) is 19.9 Å². The molecule has 0 spiro atoms. The second-order valence-corrected chi connectivity index (χ2v) is 4.50. The molecule has 1 aliphatic rings. The molecule has 2 heterocycles. The Morgan fingerprint density at radius 1 is 1.69 bits per heavy atom. The van der Waals surface area contributed by atoms with Gasteiger partial charge in [-0.3, -0.25) is 4.79 Å². The van der Waals surface area contributed by atoms with Gasteiger partial charge in [-0.25, -0.2) is 4.68 Å². The zero-order chi connectivity index (χ0) is 11.5. The van der Waals surface area contributed by atoms with Crippen LogP contribution in [-0.4, -0.2) is 40.5 Å². The van der Waals surface area contributed by atoms with Crippen LogP contribution in [0.25, 0.3) is 0 Å². The smallest absolute Gasteiger partial charge is 0.273 e. The highest BCUT2D eigenvalue weighted by molar-refractivity contribution is 5.91. The Labute approximate surface area is 94.4 Å². The molecule has 0 radical (unpaired) electrons. The molecule has 1 aliphatic heterocycles. The van der Waals surface area contributed by atoms with Crippen LogP contribution in [0.15, 0.2) is 6.20 Å². The first kappa shape index (κ1) is 11.1. The van der Waals surface area contributed by atoms with Gasteiger partial charge in [0.05, 0.1) is 12.2 Å². The first-order valence-electron chi connectivity index (χ1n) is 5.57. The van der Waals surface area contributed by atoms with Crippen molar-refractivity contribution in [3.63, 3.8) is 0 Å². The Kier molecular flexibility index (Phi) is 3.19. The molecule has 1 amide bonds. The molecule has 0 bridgehead atoms. The van der Waals surface area contributed by atoms with E-state index in [4.69, 9.17) is 0 Å². The van der Waals surface area contributed by atoms with E-state index in [-0.39, 0.29) is 5.91 Å². The molecule has 0 unspecified atom stereocenters. The highest BCUT2D eigenvalue weighted by Gasteiger charge is 2.21. The molecule has 1 aromatic heterocycles. The van der Waals surface area contributed by atoms with Crippen molar-refractivity contribution in [2.75, 3.05) is 19.6 Å². The maximum absolute atomic E-state index is 11.6. The summed E-state index contributed by atoms with van der Waals surface area (Å²) in [5, 5.41) is 13.8. The van der Waals surface area contributed by atoms with E-state index in [9.17, 15) is 4.79 Å². The summed E-state index contributed by atoms with van der Waals surface area (Å²) in [5.41, 5.74) is 0.396. The number of hydrogen-bond donors (Lipinski definition) is 2. The molecule has 6 nitrogen and oxygen atoms in total. The number of amides is 1. The van der Waals surface area contributed by atoms with Gasteiger partial charge in [-0.1, -0.05) is 19.1 Å². The largest absolute Gasteiger partial charge is 0.350 e. The van der Waals surface area contributed by atoms with Crippen LogP contribution in [-0.2, 0) is 0 Å². The van der Waals surface area contributed by atoms with Crippen molar-refractivity contribution in [3.05, 3.63) is 11.9 Å². The van der Waals surface area contributed by atoms with Crippen LogP contribution in [0.4, 0.5) is 0 Å². The zero-order valence-corrected chi connectivity index (χ0v) is 9.60. The van der Waals surface area contributed by atoms with Crippen LogP contribution in [0.5, 0.6) is 0 Å². The predicted octanol–water partition coefficient (Wildman–Crippen LogP) is -0.192. The number of hydrogen-bond acceptors (Lipinski definition) is 4. The lowest BCUT2D eigenvalue weighted by Crippen LogP contribution is -2.43. The number of nitrogens with one attached hydrogen (secondary N) is 2. The SMILES string of the molecule is CC(C)CNC(=O)c1cn(C2CNC2)nn1. The fraction of sp³-hybridized carbons (Fsp3) is 0.700. The molecule has 1 saturated heterocycles. The number of carbonyl (C=O) groups is 1. The van der Waals surface area contributed by atoms with Crippen molar-refractivity contribution in [3.8, 4) is 0 Å². The van der Waals surface area contributed by atoms with Gasteiger partial charge in [0.25, 0.3) is 5.91 Å². The third kappa shape index (κ3) is 2.38. The first-order chi connectivity index (χ1) is 7.66. The summed E-state index contributed by atoms with van der Waals surface area (Å²) in [7, 11) is 0. The van der Waals surface area contributed by atoms with Gasteiger partial charge in [-0.2, -0.15) is 0 Å². The predicted molar refractivity (Wildman–Crippen MR) is 59.1 cm³/mol. The summed E-state index contributed by atoms with van der Waals surface area (Å²) in [6.45, 7) is 6.57. The summed E-state index contributed by atoms with van der Waals surface area (Å²) < 4.78 is 1.75. The molecule has 88 valence electrons. The highest BCUT2D eigenvalue weighted by Crippen LogP contribution is 2.09. The molecule has 16 heavy (non-hydrogen) atoms. The van der Waals surface area contributed by atoms with Crippen molar-refractivity contribution >= 4 is 5.91 Å². The zero-order valence-electron chi connectivity index (χ0n) is 9.60. The maximum atomic E-state index is 11.6. The lowest BCUT2D eigenvalue weighted by molar-refractivity contribution is 0.0944. The van der Waals surface area contributed by atoms with Gasteiger partial charge in [-0.15, -0.1) is 5.10 Å². The third-order valence-electron chi connectivity index (χ3n) is 2.55. The molecule has 6 heteroatoms. The maximum Gasteiger partial charge on any atom is 0.273 e. The number of rotatable bonds is 4. The fourth-order valence-electron chi connectivity index (χ4n) is 1.41. The summed E-state index contributed by atoms with van der Waals surface area (Å²) in [6.07, 6.45) is 1.71. The molecular weight excluding hydrogens is 206 g/mol. The van der Waals surface area contributed by atoms with Crippen LogP contribution in [0.1, 0.15) is 30.4 Å². The minimum atomic E-state index is -0.146. The van der Waals surface area contributed by atoms with Crippen molar-refractivity contribution in [2.24, 2.45) is 5.92 Å². The van der Waals surface area contributed by atoms with Crippen molar-refractivity contribution in [1.82, 2.24) is 25.6 Å². The monoisotopic (exact) mass is 223 g/mol. The van der Waals surface area contributed by atoms with E-state index in [0.717, 1.165) is 13.1 Å². The minimum Gasteiger partial charge on any atom is -0.350 e. The van der Waals surface area contributed by atoms with Crippen LogP contribution in [0.2, 0.25) is 0 Å². The first-order valence-corrected chi connectivity index (χ1v) is 5.57. The third-order valence-corrected chi connectivity index (χ3v) is 2.55. The summed E-state index contributed by atoms with van der Waals surface area (Å²) in [5.74, 6) is 0.294. The van der Waals surface area contributed by atoms with Gasteiger partial charge in [0.1, 0.15) is 0 Å². The minimum absolute atomic E-state index is 0.146. The van der Waals surface area contributed by atoms with E-state index in [1.165, 1.54) is 0 Å². The standard InChI is InChI=1S/C10H17N5O/c1-7(2)3-12-10(16)9-6-15(14-13-9)8-4-11-5-8/h6-8,11H,3-5H2,1-2H3,(H,12,16). The fourth-order valence-corrected chi connectivity index (χ4v) is 1.41. The van der Waals surface area contributed by atoms with E-state index in [1.54, 1.807) is 10.9 Å². The van der Waals surface area contributed by atoms with E-state index < -0.39 is 0 Å². The van der Waals surface area contributed by atoms with Gasteiger partial charge in [0.2, 0.25) is 0 Å². The summed E-state index contributed by atoms with van der Waals surface area (Å²) >= 11 is 0. The molecule has 0 aliphatic carbocycles. The Bertz CT molecular complexity index is 369. The molecule has 2 N–H and O–H groups in total. The van der Waals surface area contributed by atoms with Gasteiger partial charge in [0, 0.05) is 19.6 Å². The molecule has 1 fully saturated rings. The summed E-state index contributed by atoms with van der Waals surface area (Å²) in [6, 6.07) is 0.346.